The maximum Gasteiger partial charge on any atom is 0.160 e. The van der Waals surface area contributed by atoms with Crippen molar-refractivity contribution in [2.24, 2.45) is 0 Å². The highest BCUT2D eigenvalue weighted by Gasteiger charge is 2.18. The predicted octanol–water partition coefficient (Wildman–Crippen LogP) is 13.8. The van der Waals surface area contributed by atoms with Crippen LogP contribution in [0.1, 0.15) is 0 Å². The summed E-state index contributed by atoms with van der Waals surface area (Å²) in [5.41, 5.74) is 14.7. The Morgan fingerprint density at radius 1 is 0.268 bits per heavy atom. The molecule has 0 aliphatic rings. The SMILES string of the molecule is c1ccc(-c2cc(-c3ccc(-c4cccc(-c5cc6ccccc6c6c(-c7ccccc7)cc(-c7ccccc7)nc56)c4)cc3)nc(-c3ccccc3)n2)cc1. The minimum absolute atomic E-state index is 0.709. The van der Waals surface area contributed by atoms with Crippen molar-refractivity contribution < 1.29 is 0 Å². The number of pyridine rings is 1. The summed E-state index contributed by atoms with van der Waals surface area (Å²) >= 11 is 0. The fourth-order valence-electron chi connectivity index (χ4n) is 7.68. The van der Waals surface area contributed by atoms with Gasteiger partial charge in [-0.05, 0) is 62.9 Å². The quantitative estimate of drug-likeness (QED) is 0.154. The van der Waals surface area contributed by atoms with Gasteiger partial charge in [0.1, 0.15) is 0 Å². The van der Waals surface area contributed by atoms with Gasteiger partial charge in [-0.1, -0.05) is 188 Å². The molecule has 0 spiro atoms. The third kappa shape index (κ3) is 6.31. The van der Waals surface area contributed by atoms with E-state index < -0.39 is 0 Å². The molecule has 0 saturated heterocycles. The van der Waals surface area contributed by atoms with Crippen molar-refractivity contribution >= 4 is 21.7 Å². The molecule has 10 aromatic rings. The van der Waals surface area contributed by atoms with Gasteiger partial charge in [-0.2, -0.15) is 0 Å². The minimum Gasteiger partial charge on any atom is -0.247 e. The smallest absolute Gasteiger partial charge is 0.160 e. The van der Waals surface area contributed by atoms with E-state index in [4.69, 9.17) is 15.0 Å². The Morgan fingerprint density at radius 3 is 1.39 bits per heavy atom. The Labute approximate surface area is 326 Å². The molecule has 0 N–H and O–H groups in total. The Hall–Kier alpha value is -7.49. The molecule has 3 heteroatoms. The fourth-order valence-corrected chi connectivity index (χ4v) is 7.68. The molecular formula is C53H35N3. The molecule has 0 bridgehead atoms. The number of fused-ring (bicyclic) bond motifs is 3. The standard InChI is InChI=1S/C53H35N3/c1-5-16-37(17-6-1)46-34-48(38-18-7-2-8-19-38)54-52-47(33-44-24-13-14-27-45(44)51(46)52)43-26-15-25-42(32-43)36-28-30-40(31-29-36)50-35-49(39-20-9-3-10-21-39)55-53(56-50)41-22-11-4-12-23-41/h1-35H. The van der Waals surface area contributed by atoms with Crippen molar-refractivity contribution in [2.75, 3.05) is 0 Å². The second-order valence-corrected chi connectivity index (χ2v) is 14.0. The van der Waals surface area contributed by atoms with E-state index >= 15 is 0 Å². The number of benzene rings is 8. The normalized spacial score (nSPS) is 11.2. The maximum atomic E-state index is 5.45. The first-order valence-electron chi connectivity index (χ1n) is 18.9. The Morgan fingerprint density at radius 2 is 0.750 bits per heavy atom. The van der Waals surface area contributed by atoms with Crippen LogP contribution in [0.4, 0.5) is 0 Å². The summed E-state index contributed by atoms with van der Waals surface area (Å²) in [5.74, 6) is 0.709. The van der Waals surface area contributed by atoms with E-state index in [2.05, 4.69) is 176 Å². The van der Waals surface area contributed by atoms with Crippen LogP contribution in [0.5, 0.6) is 0 Å². The van der Waals surface area contributed by atoms with Gasteiger partial charge < -0.3 is 0 Å². The van der Waals surface area contributed by atoms with Gasteiger partial charge in [0, 0.05) is 33.2 Å². The molecule has 0 saturated carbocycles. The average Bonchev–Trinajstić information content (AvgIpc) is 3.29. The Balaban J connectivity index is 1.10. The van der Waals surface area contributed by atoms with Gasteiger partial charge >= 0.3 is 0 Å². The zero-order valence-corrected chi connectivity index (χ0v) is 30.5. The van der Waals surface area contributed by atoms with Crippen LogP contribution < -0.4 is 0 Å². The lowest BCUT2D eigenvalue weighted by Crippen LogP contribution is -1.96. The monoisotopic (exact) mass is 713 g/mol. The molecule has 10 rings (SSSR count). The lowest BCUT2D eigenvalue weighted by molar-refractivity contribution is 1.18. The van der Waals surface area contributed by atoms with Gasteiger partial charge in [-0.15, -0.1) is 0 Å². The second kappa shape index (κ2) is 14.4. The second-order valence-electron chi connectivity index (χ2n) is 14.0. The molecule has 56 heavy (non-hydrogen) atoms. The van der Waals surface area contributed by atoms with Gasteiger partial charge in [0.25, 0.3) is 0 Å². The van der Waals surface area contributed by atoms with Crippen molar-refractivity contribution in [3.8, 4) is 78.5 Å². The van der Waals surface area contributed by atoms with E-state index in [-0.39, 0.29) is 0 Å². The first-order valence-corrected chi connectivity index (χ1v) is 18.9. The maximum absolute atomic E-state index is 5.45. The first kappa shape index (κ1) is 33.1. The fraction of sp³-hybridized carbons (Fsp3) is 0. The van der Waals surface area contributed by atoms with Crippen LogP contribution in [0.2, 0.25) is 0 Å². The predicted molar refractivity (Wildman–Crippen MR) is 233 cm³/mol. The largest absolute Gasteiger partial charge is 0.247 e. The number of aromatic nitrogens is 3. The van der Waals surface area contributed by atoms with E-state index in [1.165, 1.54) is 21.9 Å². The minimum atomic E-state index is 0.709. The van der Waals surface area contributed by atoms with E-state index in [1.54, 1.807) is 0 Å². The lowest BCUT2D eigenvalue weighted by atomic mass is 9.89. The zero-order valence-electron chi connectivity index (χ0n) is 30.5. The van der Waals surface area contributed by atoms with Gasteiger partial charge in [0.2, 0.25) is 0 Å². The van der Waals surface area contributed by atoms with Crippen LogP contribution in [0.3, 0.4) is 0 Å². The molecule has 3 nitrogen and oxygen atoms in total. The van der Waals surface area contributed by atoms with Crippen LogP contribution in [-0.2, 0) is 0 Å². The van der Waals surface area contributed by atoms with Crippen LogP contribution >= 0.6 is 0 Å². The molecule has 8 aromatic carbocycles. The van der Waals surface area contributed by atoms with Crippen LogP contribution in [-0.4, -0.2) is 15.0 Å². The first-order chi connectivity index (χ1) is 27.7. The summed E-state index contributed by atoms with van der Waals surface area (Å²) in [5, 5.41) is 3.54. The molecule has 0 fully saturated rings. The molecule has 262 valence electrons. The number of rotatable bonds is 7. The summed E-state index contributed by atoms with van der Waals surface area (Å²) in [7, 11) is 0. The van der Waals surface area contributed by atoms with Crippen molar-refractivity contribution in [3.05, 3.63) is 212 Å². The van der Waals surface area contributed by atoms with Gasteiger partial charge in [-0.25, -0.2) is 15.0 Å². The van der Waals surface area contributed by atoms with E-state index in [0.717, 1.165) is 72.5 Å². The van der Waals surface area contributed by atoms with Crippen molar-refractivity contribution in [1.29, 1.82) is 0 Å². The van der Waals surface area contributed by atoms with E-state index in [0.29, 0.717) is 5.82 Å². The summed E-state index contributed by atoms with van der Waals surface area (Å²) in [4.78, 5) is 15.5. The zero-order chi connectivity index (χ0) is 37.3. The Kier molecular flexibility index (Phi) is 8.51. The summed E-state index contributed by atoms with van der Waals surface area (Å²) < 4.78 is 0. The molecule has 2 heterocycles. The molecule has 2 aromatic heterocycles. The molecule has 0 aliphatic carbocycles. The van der Waals surface area contributed by atoms with Crippen molar-refractivity contribution in [2.45, 2.75) is 0 Å². The molecule has 0 atom stereocenters. The molecule has 0 unspecified atom stereocenters. The van der Waals surface area contributed by atoms with Gasteiger partial charge in [-0.3, -0.25) is 0 Å². The van der Waals surface area contributed by atoms with Gasteiger partial charge in [0.05, 0.1) is 22.6 Å². The summed E-state index contributed by atoms with van der Waals surface area (Å²) in [6, 6.07) is 74.5. The lowest BCUT2D eigenvalue weighted by Gasteiger charge is -2.17. The Bertz CT molecular complexity index is 2920. The molecule has 0 aliphatic heterocycles. The number of hydrogen-bond acceptors (Lipinski definition) is 3. The van der Waals surface area contributed by atoms with E-state index in [9.17, 15) is 0 Å². The van der Waals surface area contributed by atoms with Crippen molar-refractivity contribution in [3.63, 3.8) is 0 Å². The highest BCUT2D eigenvalue weighted by atomic mass is 14.9. The summed E-state index contributed by atoms with van der Waals surface area (Å²) in [6.07, 6.45) is 0. The number of hydrogen-bond donors (Lipinski definition) is 0. The van der Waals surface area contributed by atoms with Crippen LogP contribution in [0.25, 0.3) is 100 Å². The van der Waals surface area contributed by atoms with Crippen LogP contribution in [0, 0.1) is 0 Å². The third-order valence-electron chi connectivity index (χ3n) is 10.5. The van der Waals surface area contributed by atoms with Crippen LogP contribution in [0.15, 0.2) is 212 Å². The highest BCUT2D eigenvalue weighted by Crippen LogP contribution is 2.42. The van der Waals surface area contributed by atoms with Crippen molar-refractivity contribution in [1.82, 2.24) is 15.0 Å². The summed E-state index contributed by atoms with van der Waals surface area (Å²) in [6.45, 7) is 0. The molecule has 0 radical (unpaired) electrons. The third-order valence-corrected chi connectivity index (χ3v) is 10.5. The number of nitrogens with zero attached hydrogens (tertiary/aromatic N) is 3. The van der Waals surface area contributed by atoms with Gasteiger partial charge in [0.15, 0.2) is 5.82 Å². The van der Waals surface area contributed by atoms with E-state index in [1.807, 2.05) is 36.4 Å². The average molecular weight is 714 g/mol. The molecular weight excluding hydrogens is 679 g/mol. The topological polar surface area (TPSA) is 38.7 Å². The molecule has 0 amide bonds. The highest BCUT2D eigenvalue weighted by molar-refractivity contribution is 6.18.